The van der Waals surface area contributed by atoms with Gasteiger partial charge in [-0.25, -0.2) is 4.98 Å². The lowest BCUT2D eigenvalue weighted by atomic mass is 10.0. The van der Waals surface area contributed by atoms with Crippen molar-refractivity contribution in [3.05, 3.63) is 106 Å². The van der Waals surface area contributed by atoms with E-state index in [0.717, 1.165) is 49.6 Å². The van der Waals surface area contributed by atoms with E-state index in [1.54, 1.807) is 4.40 Å². The van der Waals surface area contributed by atoms with Crippen LogP contribution in [0.2, 0.25) is 0 Å². The second-order valence-electron chi connectivity index (χ2n) is 8.18. The summed E-state index contributed by atoms with van der Waals surface area (Å²) >= 11 is 0. The summed E-state index contributed by atoms with van der Waals surface area (Å²) in [7, 11) is 0. The van der Waals surface area contributed by atoms with Crippen molar-refractivity contribution in [2.75, 3.05) is 0 Å². The first-order valence-corrected chi connectivity index (χ1v) is 10.6. The fraction of sp³-hybridized carbons (Fsp3) is 0.0714. The number of pyridine rings is 1. The van der Waals surface area contributed by atoms with E-state index in [2.05, 4.69) is 6.58 Å². The summed E-state index contributed by atoms with van der Waals surface area (Å²) in [5.74, 6) is 0.751. The quantitative estimate of drug-likeness (QED) is 0.348. The van der Waals surface area contributed by atoms with Gasteiger partial charge in [-0.3, -0.25) is 9.20 Å². The number of ether oxygens (including phenoxy) is 1. The zero-order valence-electron chi connectivity index (χ0n) is 17.6. The highest BCUT2D eigenvalue weighted by molar-refractivity contribution is 6.16. The van der Waals surface area contributed by atoms with Crippen LogP contribution >= 0.6 is 0 Å². The standard InChI is InChI=1S/C28H20N2O2/c1-3-18-8-10-19(11-9-18)16-32-21-14-20-5-4-6-22-26(20)23(15-21)27-29-24-13-17(2)7-12-25(24)30(27)28(22)31/h3-15H,1,16H2,2H3. The van der Waals surface area contributed by atoms with E-state index in [9.17, 15) is 4.79 Å². The lowest BCUT2D eigenvalue weighted by Gasteiger charge is -2.12. The lowest BCUT2D eigenvalue weighted by molar-refractivity contribution is 0.307. The van der Waals surface area contributed by atoms with Crippen molar-refractivity contribution in [1.82, 2.24) is 9.38 Å². The molecule has 4 nitrogen and oxygen atoms in total. The van der Waals surface area contributed by atoms with Crippen molar-refractivity contribution < 1.29 is 4.74 Å². The summed E-state index contributed by atoms with van der Waals surface area (Å²) in [5, 5.41) is 3.51. The van der Waals surface area contributed by atoms with Crippen LogP contribution in [0.3, 0.4) is 0 Å². The van der Waals surface area contributed by atoms with Crippen molar-refractivity contribution >= 4 is 44.3 Å². The highest BCUT2D eigenvalue weighted by Gasteiger charge is 2.17. The molecule has 0 bridgehead atoms. The maximum absolute atomic E-state index is 13.4. The largest absolute Gasteiger partial charge is 0.489 e. The predicted molar refractivity (Wildman–Crippen MR) is 131 cm³/mol. The van der Waals surface area contributed by atoms with Crippen molar-refractivity contribution in [2.45, 2.75) is 13.5 Å². The number of fused-ring (bicyclic) bond motifs is 4. The average Bonchev–Trinajstić information content (AvgIpc) is 3.20. The second kappa shape index (κ2) is 6.92. The molecule has 0 fully saturated rings. The Kier molecular flexibility index (Phi) is 4.02. The molecule has 0 saturated carbocycles. The molecule has 0 aliphatic rings. The Labute approximate surface area is 184 Å². The second-order valence-corrected chi connectivity index (χ2v) is 8.18. The number of hydrogen-bond acceptors (Lipinski definition) is 3. The number of benzene rings is 4. The predicted octanol–water partition coefficient (Wildman–Crippen LogP) is 6.12. The maximum atomic E-state index is 13.4. The first-order valence-electron chi connectivity index (χ1n) is 10.6. The molecule has 2 heterocycles. The Morgan fingerprint density at radius 3 is 2.66 bits per heavy atom. The molecule has 32 heavy (non-hydrogen) atoms. The molecule has 0 N–H and O–H groups in total. The molecule has 154 valence electrons. The summed E-state index contributed by atoms with van der Waals surface area (Å²) < 4.78 is 7.89. The van der Waals surface area contributed by atoms with Crippen molar-refractivity contribution in [3.8, 4) is 5.75 Å². The topological polar surface area (TPSA) is 43.6 Å². The summed E-state index contributed by atoms with van der Waals surface area (Å²) in [5.41, 5.74) is 5.55. The van der Waals surface area contributed by atoms with Gasteiger partial charge in [-0.05, 0) is 59.3 Å². The van der Waals surface area contributed by atoms with Gasteiger partial charge in [0.2, 0.25) is 0 Å². The van der Waals surface area contributed by atoms with Gasteiger partial charge in [0.05, 0.1) is 11.0 Å². The highest BCUT2D eigenvalue weighted by atomic mass is 16.5. The first kappa shape index (κ1) is 18.6. The van der Waals surface area contributed by atoms with Crippen LogP contribution in [-0.2, 0) is 6.61 Å². The molecule has 0 atom stereocenters. The number of hydrogen-bond donors (Lipinski definition) is 0. The van der Waals surface area contributed by atoms with Gasteiger partial charge in [-0.15, -0.1) is 0 Å². The van der Waals surface area contributed by atoms with Crippen LogP contribution in [0, 0.1) is 6.92 Å². The van der Waals surface area contributed by atoms with E-state index < -0.39 is 0 Å². The Morgan fingerprint density at radius 1 is 1.00 bits per heavy atom. The molecule has 0 unspecified atom stereocenters. The van der Waals surface area contributed by atoms with Crippen LogP contribution in [0.4, 0.5) is 0 Å². The van der Waals surface area contributed by atoms with Crippen LogP contribution in [0.1, 0.15) is 16.7 Å². The summed E-state index contributed by atoms with van der Waals surface area (Å²) in [4.78, 5) is 18.2. The molecule has 0 amide bonds. The van der Waals surface area contributed by atoms with Gasteiger partial charge in [0.25, 0.3) is 5.56 Å². The van der Waals surface area contributed by atoms with E-state index in [-0.39, 0.29) is 5.56 Å². The molecular formula is C28H20N2O2. The van der Waals surface area contributed by atoms with Gasteiger partial charge >= 0.3 is 0 Å². The molecular weight excluding hydrogens is 396 g/mol. The fourth-order valence-corrected chi connectivity index (χ4v) is 4.45. The van der Waals surface area contributed by atoms with Crippen LogP contribution < -0.4 is 10.3 Å². The van der Waals surface area contributed by atoms with E-state index in [1.807, 2.05) is 85.8 Å². The smallest absolute Gasteiger partial charge is 0.264 e. The normalized spacial score (nSPS) is 11.7. The number of aryl methyl sites for hydroxylation is 1. The third-order valence-corrected chi connectivity index (χ3v) is 6.06. The molecule has 0 saturated heterocycles. The van der Waals surface area contributed by atoms with Crippen LogP contribution in [0.5, 0.6) is 5.75 Å². The Morgan fingerprint density at radius 2 is 1.84 bits per heavy atom. The number of nitrogens with zero attached hydrogens (tertiary/aromatic N) is 2. The molecule has 2 aromatic heterocycles. The van der Waals surface area contributed by atoms with Gasteiger partial charge in [0.15, 0.2) is 0 Å². The van der Waals surface area contributed by atoms with Crippen molar-refractivity contribution in [1.29, 1.82) is 0 Å². The average molecular weight is 416 g/mol. The Hall–Kier alpha value is -4.18. The van der Waals surface area contributed by atoms with E-state index >= 15 is 0 Å². The maximum Gasteiger partial charge on any atom is 0.264 e. The van der Waals surface area contributed by atoms with Gasteiger partial charge < -0.3 is 4.74 Å². The molecule has 4 heteroatoms. The molecule has 0 spiro atoms. The Bertz CT molecular complexity index is 1710. The van der Waals surface area contributed by atoms with Gasteiger partial charge in [0, 0.05) is 16.2 Å². The van der Waals surface area contributed by atoms with Crippen LogP contribution in [0.25, 0.3) is 44.3 Å². The summed E-state index contributed by atoms with van der Waals surface area (Å²) in [6.45, 7) is 6.28. The number of rotatable bonds is 4. The van der Waals surface area contributed by atoms with Crippen molar-refractivity contribution in [2.24, 2.45) is 0 Å². The zero-order valence-corrected chi connectivity index (χ0v) is 17.6. The monoisotopic (exact) mass is 416 g/mol. The highest BCUT2D eigenvalue weighted by Crippen LogP contribution is 2.33. The summed E-state index contributed by atoms with van der Waals surface area (Å²) in [6.07, 6.45) is 1.82. The SMILES string of the molecule is C=Cc1ccc(COc2cc3cccc4c(=O)n5c6ccc(C)cc6nc5c(c2)c34)cc1. The third-order valence-electron chi connectivity index (χ3n) is 6.06. The van der Waals surface area contributed by atoms with Crippen molar-refractivity contribution in [3.63, 3.8) is 0 Å². The van der Waals surface area contributed by atoms with Gasteiger partial charge in [0.1, 0.15) is 18.0 Å². The zero-order chi connectivity index (χ0) is 21.8. The summed E-state index contributed by atoms with van der Waals surface area (Å²) in [6, 6.07) is 24.0. The Balaban J connectivity index is 1.56. The number of imidazole rings is 1. The van der Waals surface area contributed by atoms with Gasteiger partial charge in [-0.2, -0.15) is 0 Å². The van der Waals surface area contributed by atoms with E-state index in [0.29, 0.717) is 17.6 Å². The minimum atomic E-state index is -0.0413. The first-order chi connectivity index (χ1) is 15.6. The van der Waals surface area contributed by atoms with E-state index in [4.69, 9.17) is 9.72 Å². The van der Waals surface area contributed by atoms with E-state index in [1.165, 1.54) is 0 Å². The molecule has 6 rings (SSSR count). The molecule has 4 aromatic carbocycles. The minimum Gasteiger partial charge on any atom is -0.489 e. The molecule has 0 aliphatic heterocycles. The molecule has 6 aromatic rings. The van der Waals surface area contributed by atoms with Crippen LogP contribution in [-0.4, -0.2) is 9.38 Å². The minimum absolute atomic E-state index is 0.0413. The molecule has 0 aliphatic carbocycles. The molecule has 0 radical (unpaired) electrons. The number of aromatic nitrogens is 2. The van der Waals surface area contributed by atoms with Crippen LogP contribution in [0.15, 0.2) is 84.2 Å². The fourth-order valence-electron chi connectivity index (χ4n) is 4.45. The van der Waals surface area contributed by atoms with Gasteiger partial charge in [-0.1, -0.05) is 55.1 Å². The third kappa shape index (κ3) is 2.77. The lowest BCUT2D eigenvalue weighted by Crippen LogP contribution is -2.13.